The molecule has 3 heterocycles. The molecule has 0 spiro atoms. The third-order valence-electron chi connectivity index (χ3n) is 8.58. The summed E-state index contributed by atoms with van der Waals surface area (Å²) in [5, 5.41) is 0. The van der Waals surface area contributed by atoms with Crippen LogP contribution >= 0.6 is 0 Å². The number of amides is 2. The molecule has 2 aromatic carbocycles. The first kappa shape index (κ1) is 21.8. The number of anilines is 1. The summed E-state index contributed by atoms with van der Waals surface area (Å²) in [7, 11) is 0. The zero-order valence-corrected chi connectivity index (χ0v) is 20.0. The average molecular weight is 458 g/mol. The monoisotopic (exact) mass is 457 g/mol. The quantitative estimate of drug-likeness (QED) is 0.670. The molecule has 2 aromatic rings. The predicted molar refractivity (Wildman–Crippen MR) is 134 cm³/mol. The molecule has 0 N–H and O–H groups in total. The topological polar surface area (TPSA) is 43.9 Å². The van der Waals surface area contributed by atoms with E-state index in [2.05, 4.69) is 58.3 Å². The van der Waals surface area contributed by atoms with Crippen LogP contribution in [0.25, 0.3) is 0 Å². The van der Waals surface area contributed by atoms with Crippen LogP contribution in [-0.2, 0) is 21.5 Å². The van der Waals surface area contributed by atoms with Gasteiger partial charge in [-0.25, -0.2) is 0 Å². The Morgan fingerprint density at radius 2 is 1.71 bits per heavy atom. The standard InChI is InChI=1S/C29H35N3O2/c33-27-10-6-18-31(27)25-13-11-22(12-14-25)19-30-20-23-7-4-5-17-32(26(23)21-30)28(34)29(15-16-29)24-8-2-1-3-9-24/h1-3,8-9,11-14,23,26H,4-7,10,15-21H2/t23-,26+/m0/s1. The summed E-state index contributed by atoms with van der Waals surface area (Å²) in [5.74, 6) is 1.18. The molecular weight excluding hydrogens is 422 g/mol. The zero-order chi connectivity index (χ0) is 23.1. The minimum absolute atomic E-state index is 0.237. The Morgan fingerprint density at radius 3 is 2.41 bits per heavy atom. The van der Waals surface area contributed by atoms with Crippen molar-refractivity contribution >= 4 is 17.5 Å². The van der Waals surface area contributed by atoms with Crippen molar-refractivity contribution in [3.63, 3.8) is 0 Å². The second kappa shape index (κ2) is 8.84. The first-order chi connectivity index (χ1) is 16.6. The maximum absolute atomic E-state index is 13.9. The molecule has 1 aliphatic carbocycles. The Hall–Kier alpha value is -2.66. The Morgan fingerprint density at radius 1 is 0.912 bits per heavy atom. The number of nitrogens with zero attached hydrogens (tertiary/aromatic N) is 3. The van der Waals surface area contributed by atoms with Gasteiger partial charge < -0.3 is 9.80 Å². The largest absolute Gasteiger partial charge is 0.337 e. The predicted octanol–water partition coefficient (Wildman–Crippen LogP) is 4.36. The summed E-state index contributed by atoms with van der Waals surface area (Å²) in [5.41, 5.74) is 3.23. The van der Waals surface area contributed by atoms with Crippen LogP contribution in [0, 0.1) is 5.92 Å². The van der Waals surface area contributed by atoms with Gasteiger partial charge in [0.15, 0.2) is 0 Å². The molecule has 4 fully saturated rings. The van der Waals surface area contributed by atoms with E-state index in [1.165, 1.54) is 24.0 Å². The molecule has 178 valence electrons. The fraction of sp³-hybridized carbons (Fsp3) is 0.517. The van der Waals surface area contributed by atoms with Crippen molar-refractivity contribution in [2.45, 2.75) is 62.9 Å². The SMILES string of the molecule is O=C1CCCN1c1ccc(CN2C[C@@H]3CCCCN(C(=O)C4(c5ccccc5)CC4)[C@@H]3C2)cc1. The maximum Gasteiger partial charge on any atom is 0.233 e. The molecular formula is C29H35N3O2. The molecule has 2 atom stereocenters. The highest BCUT2D eigenvalue weighted by Gasteiger charge is 2.55. The van der Waals surface area contributed by atoms with Gasteiger partial charge in [-0.1, -0.05) is 48.9 Å². The molecule has 0 bridgehead atoms. The normalized spacial score (nSPS) is 26.4. The summed E-state index contributed by atoms with van der Waals surface area (Å²) in [6, 6.07) is 19.3. The minimum atomic E-state index is -0.271. The van der Waals surface area contributed by atoms with Gasteiger partial charge in [-0.3, -0.25) is 14.5 Å². The van der Waals surface area contributed by atoms with E-state index in [1.807, 2.05) is 11.0 Å². The Kier molecular flexibility index (Phi) is 5.68. The molecule has 3 saturated heterocycles. The van der Waals surface area contributed by atoms with Gasteiger partial charge in [0.1, 0.15) is 0 Å². The molecule has 1 saturated carbocycles. The van der Waals surface area contributed by atoms with Gasteiger partial charge in [-0.15, -0.1) is 0 Å². The fourth-order valence-corrected chi connectivity index (χ4v) is 6.56. The summed E-state index contributed by atoms with van der Waals surface area (Å²) >= 11 is 0. The van der Waals surface area contributed by atoms with E-state index >= 15 is 0 Å². The van der Waals surface area contributed by atoms with Crippen LogP contribution < -0.4 is 4.90 Å². The van der Waals surface area contributed by atoms with E-state index in [0.717, 1.165) is 64.1 Å². The molecule has 5 heteroatoms. The molecule has 5 nitrogen and oxygen atoms in total. The first-order valence-electron chi connectivity index (χ1n) is 13.1. The minimum Gasteiger partial charge on any atom is -0.337 e. The second-order valence-corrected chi connectivity index (χ2v) is 10.8. The van der Waals surface area contributed by atoms with Crippen molar-refractivity contribution in [3.8, 4) is 0 Å². The molecule has 4 aliphatic rings. The van der Waals surface area contributed by atoms with Crippen LogP contribution in [0.1, 0.15) is 56.1 Å². The molecule has 0 aromatic heterocycles. The van der Waals surface area contributed by atoms with Crippen LogP contribution in [0.5, 0.6) is 0 Å². The lowest BCUT2D eigenvalue weighted by Crippen LogP contribution is -2.48. The van der Waals surface area contributed by atoms with Crippen molar-refractivity contribution in [1.82, 2.24) is 9.80 Å². The van der Waals surface area contributed by atoms with Gasteiger partial charge in [0, 0.05) is 50.9 Å². The van der Waals surface area contributed by atoms with E-state index in [1.54, 1.807) is 0 Å². The van der Waals surface area contributed by atoms with E-state index in [4.69, 9.17) is 0 Å². The van der Waals surface area contributed by atoms with Crippen molar-refractivity contribution in [2.75, 3.05) is 31.1 Å². The van der Waals surface area contributed by atoms with Gasteiger partial charge >= 0.3 is 0 Å². The molecule has 34 heavy (non-hydrogen) atoms. The number of carbonyl (C=O) groups excluding carboxylic acids is 2. The van der Waals surface area contributed by atoms with Crippen LogP contribution in [0.3, 0.4) is 0 Å². The lowest BCUT2D eigenvalue weighted by Gasteiger charge is -2.34. The number of fused-ring (bicyclic) bond motifs is 1. The van der Waals surface area contributed by atoms with Crippen molar-refractivity contribution in [2.24, 2.45) is 5.92 Å². The van der Waals surface area contributed by atoms with E-state index in [-0.39, 0.29) is 11.3 Å². The van der Waals surface area contributed by atoms with E-state index in [0.29, 0.717) is 24.3 Å². The Balaban J connectivity index is 1.15. The zero-order valence-electron chi connectivity index (χ0n) is 20.0. The Labute approximate surface area is 202 Å². The summed E-state index contributed by atoms with van der Waals surface area (Å²) in [4.78, 5) is 32.7. The van der Waals surface area contributed by atoms with Crippen LogP contribution in [0.2, 0.25) is 0 Å². The third-order valence-corrected chi connectivity index (χ3v) is 8.58. The molecule has 3 aliphatic heterocycles. The highest BCUT2D eigenvalue weighted by atomic mass is 16.2. The lowest BCUT2D eigenvalue weighted by atomic mass is 9.92. The summed E-state index contributed by atoms with van der Waals surface area (Å²) in [6.07, 6.45) is 7.16. The number of benzene rings is 2. The van der Waals surface area contributed by atoms with Crippen LogP contribution in [0.4, 0.5) is 5.69 Å². The fourth-order valence-electron chi connectivity index (χ4n) is 6.56. The van der Waals surface area contributed by atoms with Crippen molar-refractivity contribution in [3.05, 3.63) is 65.7 Å². The summed E-state index contributed by atoms with van der Waals surface area (Å²) < 4.78 is 0. The highest BCUT2D eigenvalue weighted by molar-refractivity contribution is 5.95. The van der Waals surface area contributed by atoms with Crippen molar-refractivity contribution < 1.29 is 9.59 Å². The van der Waals surface area contributed by atoms with Gasteiger partial charge in [0.25, 0.3) is 0 Å². The Bertz CT molecular complexity index is 1050. The number of hydrogen-bond donors (Lipinski definition) is 0. The van der Waals surface area contributed by atoms with Gasteiger partial charge in [0.2, 0.25) is 11.8 Å². The maximum atomic E-state index is 13.9. The second-order valence-electron chi connectivity index (χ2n) is 10.8. The molecule has 2 amide bonds. The summed E-state index contributed by atoms with van der Waals surface area (Å²) in [6.45, 7) is 4.68. The molecule has 0 unspecified atom stereocenters. The van der Waals surface area contributed by atoms with Crippen LogP contribution in [-0.4, -0.2) is 53.8 Å². The van der Waals surface area contributed by atoms with E-state index < -0.39 is 0 Å². The number of carbonyl (C=O) groups is 2. The number of rotatable bonds is 5. The van der Waals surface area contributed by atoms with E-state index in [9.17, 15) is 9.59 Å². The van der Waals surface area contributed by atoms with Gasteiger partial charge in [-0.05, 0) is 61.3 Å². The average Bonchev–Trinajstić information content (AvgIpc) is 3.49. The molecule has 0 radical (unpaired) electrons. The first-order valence-corrected chi connectivity index (χ1v) is 13.1. The smallest absolute Gasteiger partial charge is 0.233 e. The number of hydrogen-bond acceptors (Lipinski definition) is 3. The third kappa shape index (κ3) is 3.94. The number of likely N-dealkylation sites (tertiary alicyclic amines) is 2. The lowest BCUT2D eigenvalue weighted by molar-refractivity contribution is -0.136. The molecule has 6 rings (SSSR count). The van der Waals surface area contributed by atoms with Crippen molar-refractivity contribution in [1.29, 1.82) is 0 Å². The van der Waals surface area contributed by atoms with Gasteiger partial charge in [-0.2, -0.15) is 0 Å². The highest BCUT2D eigenvalue weighted by Crippen LogP contribution is 2.50. The van der Waals surface area contributed by atoms with Crippen LogP contribution in [0.15, 0.2) is 54.6 Å². The van der Waals surface area contributed by atoms with Gasteiger partial charge in [0.05, 0.1) is 5.41 Å².